The normalized spacial score (nSPS) is 12.2. The molecule has 0 atom stereocenters. The monoisotopic (exact) mass is 289 g/mol. The summed E-state index contributed by atoms with van der Waals surface area (Å²) < 4.78 is 0.684. The highest BCUT2D eigenvalue weighted by molar-refractivity contribution is 14.1. The predicted octanol–water partition coefficient (Wildman–Crippen LogP) is 3.09. The maximum atomic E-state index is 10.5. The number of hydrogen-bond donors (Lipinski definition) is 0. The fraction of sp³-hybridized carbons (Fsp3) is 0.111. The van der Waals surface area contributed by atoms with Crippen molar-refractivity contribution < 1.29 is 4.92 Å². The lowest BCUT2D eigenvalue weighted by molar-refractivity contribution is -0.422. The quantitative estimate of drug-likeness (QED) is 0.477. The number of halogens is 1. The molecule has 3 nitrogen and oxygen atoms in total. The third-order valence-corrected chi connectivity index (χ3v) is 3.02. The Balaban J connectivity index is 3.11. The lowest BCUT2D eigenvalue weighted by Gasteiger charge is -1.98. The number of allylic oxidation sites excluding steroid dienone is 1. The maximum absolute atomic E-state index is 10.5. The Morgan fingerprint density at radius 2 is 1.92 bits per heavy atom. The molecule has 0 aliphatic rings. The molecule has 1 rings (SSSR count). The second-order valence-corrected chi connectivity index (χ2v) is 3.60. The zero-order valence-electron chi connectivity index (χ0n) is 7.03. The largest absolute Gasteiger partial charge is 0.259 e. The highest BCUT2D eigenvalue weighted by Crippen LogP contribution is 2.25. The van der Waals surface area contributed by atoms with Gasteiger partial charge in [-0.25, -0.2) is 0 Å². The van der Waals surface area contributed by atoms with Gasteiger partial charge in [-0.1, -0.05) is 30.3 Å². The molecule has 0 bridgehead atoms. The number of nitro groups is 1. The lowest BCUT2D eigenvalue weighted by atomic mass is 10.2. The Hall–Kier alpha value is -0.910. The average Bonchev–Trinajstić information content (AvgIpc) is 2.17. The lowest BCUT2D eigenvalue weighted by Crippen LogP contribution is -1.95. The van der Waals surface area contributed by atoms with Crippen molar-refractivity contribution in [3.63, 3.8) is 0 Å². The molecule has 4 heteroatoms. The standard InChI is InChI=1S/C9H8INO2/c1-7(11(12)13)9(10)8-5-3-2-4-6-8/h2-6H,1H3/b9-7+. The molecule has 0 aliphatic heterocycles. The average molecular weight is 289 g/mol. The van der Waals surface area contributed by atoms with Gasteiger partial charge in [0.05, 0.1) is 8.50 Å². The second-order valence-electron chi connectivity index (χ2n) is 2.52. The van der Waals surface area contributed by atoms with Crippen LogP contribution in [0.2, 0.25) is 0 Å². The van der Waals surface area contributed by atoms with Crippen molar-refractivity contribution in [2.75, 3.05) is 0 Å². The highest BCUT2D eigenvalue weighted by atomic mass is 127. The molecule has 13 heavy (non-hydrogen) atoms. The number of benzene rings is 1. The zero-order chi connectivity index (χ0) is 9.84. The summed E-state index contributed by atoms with van der Waals surface area (Å²) in [7, 11) is 0. The summed E-state index contributed by atoms with van der Waals surface area (Å²) >= 11 is 1.99. The first-order chi connectivity index (χ1) is 6.13. The van der Waals surface area contributed by atoms with Crippen molar-refractivity contribution in [2.24, 2.45) is 0 Å². The van der Waals surface area contributed by atoms with Crippen LogP contribution >= 0.6 is 22.6 Å². The van der Waals surface area contributed by atoms with Crippen LogP contribution in [0.25, 0.3) is 3.58 Å². The van der Waals surface area contributed by atoms with Gasteiger partial charge in [-0.15, -0.1) is 0 Å². The molecular weight excluding hydrogens is 281 g/mol. The summed E-state index contributed by atoms with van der Waals surface area (Å²) in [6, 6.07) is 9.32. The summed E-state index contributed by atoms with van der Waals surface area (Å²) in [6.07, 6.45) is 0. The zero-order valence-corrected chi connectivity index (χ0v) is 9.19. The number of nitrogens with zero attached hydrogens (tertiary/aromatic N) is 1. The molecule has 0 saturated heterocycles. The van der Waals surface area contributed by atoms with Crippen LogP contribution in [0.4, 0.5) is 0 Å². The fourth-order valence-electron chi connectivity index (χ4n) is 0.874. The first-order valence-corrected chi connectivity index (χ1v) is 4.77. The van der Waals surface area contributed by atoms with E-state index < -0.39 is 0 Å². The minimum atomic E-state index is -0.366. The van der Waals surface area contributed by atoms with Gasteiger partial charge in [0.25, 0.3) is 5.70 Å². The van der Waals surface area contributed by atoms with Crippen LogP contribution < -0.4 is 0 Å². The van der Waals surface area contributed by atoms with E-state index in [0.717, 1.165) is 5.56 Å². The second kappa shape index (κ2) is 4.36. The minimum absolute atomic E-state index is 0.187. The van der Waals surface area contributed by atoms with Gasteiger partial charge in [-0.05, 0) is 28.2 Å². The van der Waals surface area contributed by atoms with Crippen LogP contribution in [0.3, 0.4) is 0 Å². The summed E-state index contributed by atoms with van der Waals surface area (Å²) in [6.45, 7) is 1.51. The minimum Gasteiger partial charge on any atom is -0.259 e. The molecular formula is C9H8INO2. The molecule has 0 saturated carbocycles. The van der Waals surface area contributed by atoms with E-state index in [4.69, 9.17) is 0 Å². The SMILES string of the molecule is C/C(=C(\I)c1ccccc1)[N+](=O)[O-]. The van der Waals surface area contributed by atoms with E-state index in [-0.39, 0.29) is 10.6 Å². The van der Waals surface area contributed by atoms with Crippen LogP contribution in [-0.2, 0) is 0 Å². The summed E-state index contributed by atoms with van der Waals surface area (Å²) in [5.74, 6) is 0. The Labute approximate surface area is 89.8 Å². The van der Waals surface area contributed by atoms with Crippen LogP contribution in [0.1, 0.15) is 12.5 Å². The van der Waals surface area contributed by atoms with Crippen molar-refractivity contribution in [3.05, 3.63) is 51.7 Å². The molecule has 0 spiro atoms. The smallest absolute Gasteiger partial charge is 0.257 e. The van der Waals surface area contributed by atoms with E-state index in [9.17, 15) is 10.1 Å². The summed E-state index contributed by atoms with van der Waals surface area (Å²) in [4.78, 5) is 10.1. The number of rotatable bonds is 2. The van der Waals surface area contributed by atoms with Gasteiger partial charge < -0.3 is 0 Å². The van der Waals surface area contributed by atoms with Crippen LogP contribution in [0.5, 0.6) is 0 Å². The first kappa shape index (κ1) is 10.2. The molecule has 0 N–H and O–H groups in total. The molecule has 68 valence electrons. The van der Waals surface area contributed by atoms with Crippen molar-refractivity contribution in [1.82, 2.24) is 0 Å². The summed E-state index contributed by atoms with van der Waals surface area (Å²) in [5.41, 5.74) is 1.07. The van der Waals surface area contributed by atoms with Crippen LogP contribution in [0.15, 0.2) is 36.0 Å². The molecule has 0 heterocycles. The molecule has 0 aromatic heterocycles. The van der Waals surface area contributed by atoms with E-state index in [0.29, 0.717) is 3.58 Å². The van der Waals surface area contributed by atoms with Crippen LogP contribution in [0, 0.1) is 10.1 Å². The Bertz CT molecular complexity index is 346. The van der Waals surface area contributed by atoms with Crippen molar-refractivity contribution in [3.8, 4) is 0 Å². The van der Waals surface area contributed by atoms with E-state index >= 15 is 0 Å². The molecule has 0 unspecified atom stereocenters. The Morgan fingerprint density at radius 1 is 1.38 bits per heavy atom. The third kappa shape index (κ3) is 2.51. The molecule has 1 aromatic rings. The van der Waals surface area contributed by atoms with Crippen molar-refractivity contribution in [2.45, 2.75) is 6.92 Å². The van der Waals surface area contributed by atoms with Gasteiger partial charge in [-0.2, -0.15) is 0 Å². The van der Waals surface area contributed by atoms with E-state index in [1.807, 2.05) is 52.9 Å². The highest BCUT2D eigenvalue weighted by Gasteiger charge is 2.10. The summed E-state index contributed by atoms with van der Waals surface area (Å²) in [5, 5.41) is 10.5. The van der Waals surface area contributed by atoms with Crippen molar-refractivity contribution >= 4 is 26.2 Å². The molecule has 1 aromatic carbocycles. The molecule has 0 amide bonds. The van der Waals surface area contributed by atoms with Crippen molar-refractivity contribution in [1.29, 1.82) is 0 Å². The van der Waals surface area contributed by atoms with Gasteiger partial charge in [0.2, 0.25) is 0 Å². The van der Waals surface area contributed by atoms with Gasteiger partial charge >= 0.3 is 0 Å². The molecule has 0 radical (unpaired) electrons. The topological polar surface area (TPSA) is 43.1 Å². The van der Waals surface area contributed by atoms with Gasteiger partial charge in [0, 0.05) is 6.92 Å². The first-order valence-electron chi connectivity index (χ1n) is 3.69. The van der Waals surface area contributed by atoms with Crippen LogP contribution in [-0.4, -0.2) is 4.92 Å². The van der Waals surface area contributed by atoms with Gasteiger partial charge in [0.1, 0.15) is 0 Å². The van der Waals surface area contributed by atoms with E-state index in [1.54, 1.807) is 0 Å². The third-order valence-electron chi connectivity index (χ3n) is 1.62. The fourth-order valence-corrected chi connectivity index (χ4v) is 1.43. The molecule has 0 aliphatic carbocycles. The Kier molecular flexibility index (Phi) is 3.41. The predicted molar refractivity (Wildman–Crippen MR) is 60.1 cm³/mol. The van der Waals surface area contributed by atoms with E-state index in [1.165, 1.54) is 6.92 Å². The van der Waals surface area contributed by atoms with Gasteiger partial charge in [0.15, 0.2) is 0 Å². The Morgan fingerprint density at radius 3 is 2.38 bits per heavy atom. The molecule has 0 fully saturated rings. The maximum Gasteiger partial charge on any atom is 0.257 e. The van der Waals surface area contributed by atoms with Gasteiger partial charge in [-0.3, -0.25) is 10.1 Å². The number of hydrogen-bond acceptors (Lipinski definition) is 2. The van der Waals surface area contributed by atoms with E-state index in [2.05, 4.69) is 0 Å².